The van der Waals surface area contributed by atoms with Crippen molar-refractivity contribution in [2.45, 2.75) is 31.9 Å². The van der Waals surface area contributed by atoms with E-state index >= 15 is 0 Å². The molecule has 5 nitrogen and oxygen atoms in total. The fourth-order valence-electron chi connectivity index (χ4n) is 0.986. The molecule has 0 heterocycles. The summed E-state index contributed by atoms with van der Waals surface area (Å²) in [5, 5.41) is 2.64. The molecule has 16 heavy (non-hydrogen) atoms. The Hall–Kier alpha value is -0.620. The van der Waals surface area contributed by atoms with Gasteiger partial charge < -0.3 is 11.1 Å². The molecule has 0 aliphatic heterocycles. The molecule has 0 aliphatic carbocycles. The van der Waals surface area contributed by atoms with E-state index in [4.69, 9.17) is 5.73 Å². The van der Waals surface area contributed by atoms with Crippen LogP contribution in [-0.2, 0) is 14.6 Å². The number of nitrogens with two attached hydrogens (primary N) is 1. The number of sulfone groups is 1. The Bertz CT molecular complexity index is 336. The molecule has 0 saturated heterocycles. The highest BCUT2D eigenvalue weighted by Crippen LogP contribution is 2.13. The lowest BCUT2D eigenvalue weighted by molar-refractivity contribution is -0.124. The smallest absolute Gasteiger partial charge is 0.222 e. The van der Waals surface area contributed by atoms with Crippen molar-refractivity contribution in [3.63, 3.8) is 0 Å². The van der Waals surface area contributed by atoms with Crippen LogP contribution in [0.5, 0.6) is 0 Å². The molecule has 0 spiro atoms. The quantitative estimate of drug-likeness (QED) is 0.689. The first-order valence-corrected chi connectivity index (χ1v) is 7.18. The topological polar surface area (TPSA) is 89.3 Å². The lowest BCUT2D eigenvalue weighted by Crippen LogP contribution is -2.45. The van der Waals surface area contributed by atoms with Gasteiger partial charge in [-0.2, -0.15) is 0 Å². The van der Waals surface area contributed by atoms with Gasteiger partial charge in [0.25, 0.3) is 0 Å². The van der Waals surface area contributed by atoms with Gasteiger partial charge in [-0.1, -0.05) is 6.92 Å². The number of amides is 1. The zero-order valence-corrected chi connectivity index (χ0v) is 11.2. The van der Waals surface area contributed by atoms with Crippen LogP contribution in [0.4, 0.5) is 0 Å². The Balaban J connectivity index is 4.31. The standard InChI is InChI=1S/C10H22N2O3S/c1-8(5-6-11)9(13)12-7-10(2,3)16(4,14)15/h8H,5-7,11H2,1-4H3,(H,12,13). The first-order chi connectivity index (χ1) is 7.12. The molecule has 0 radical (unpaired) electrons. The highest BCUT2D eigenvalue weighted by atomic mass is 32.2. The molecule has 3 N–H and O–H groups in total. The summed E-state index contributed by atoms with van der Waals surface area (Å²) >= 11 is 0. The Morgan fingerprint density at radius 2 is 1.94 bits per heavy atom. The van der Waals surface area contributed by atoms with E-state index in [2.05, 4.69) is 5.32 Å². The van der Waals surface area contributed by atoms with Crippen LogP contribution in [0.3, 0.4) is 0 Å². The molecule has 0 bridgehead atoms. The van der Waals surface area contributed by atoms with Crippen molar-refractivity contribution in [2.75, 3.05) is 19.3 Å². The van der Waals surface area contributed by atoms with Crippen molar-refractivity contribution in [1.82, 2.24) is 5.32 Å². The second-order valence-electron chi connectivity index (χ2n) is 4.73. The number of hydrogen-bond donors (Lipinski definition) is 2. The van der Waals surface area contributed by atoms with Gasteiger partial charge in [0.1, 0.15) is 0 Å². The van der Waals surface area contributed by atoms with E-state index in [9.17, 15) is 13.2 Å². The molecule has 0 aromatic carbocycles. The van der Waals surface area contributed by atoms with Gasteiger partial charge >= 0.3 is 0 Å². The summed E-state index contributed by atoms with van der Waals surface area (Å²) in [5.74, 6) is -0.331. The highest BCUT2D eigenvalue weighted by molar-refractivity contribution is 7.92. The van der Waals surface area contributed by atoms with Gasteiger partial charge in [-0.15, -0.1) is 0 Å². The summed E-state index contributed by atoms with van der Waals surface area (Å²) in [6.07, 6.45) is 1.77. The van der Waals surface area contributed by atoms with Crippen molar-refractivity contribution < 1.29 is 13.2 Å². The van der Waals surface area contributed by atoms with E-state index < -0.39 is 14.6 Å². The monoisotopic (exact) mass is 250 g/mol. The first kappa shape index (κ1) is 15.4. The second-order valence-corrected chi connectivity index (χ2v) is 7.38. The summed E-state index contributed by atoms with van der Waals surface area (Å²) < 4.78 is 21.8. The largest absolute Gasteiger partial charge is 0.354 e. The van der Waals surface area contributed by atoms with E-state index in [1.807, 2.05) is 0 Å². The van der Waals surface area contributed by atoms with E-state index in [0.29, 0.717) is 13.0 Å². The molecule has 0 aromatic rings. The van der Waals surface area contributed by atoms with Gasteiger partial charge in [-0.3, -0.25) is 4.79 Å². The number of nitrogens with one attached hydrogen (secondary N) is 1. The van der Waals surface area contributed by atoms with Gasteiger partial charge in [-0.25, -0.2) is 8.42 Å². The third-order valence-corrected chi connectivity index (χ3v) is 4.89. The Morgan fingerprint density at radius 1 is 1.44 bits per heavy atom. The molecule has 1 unspecified atom stereocenters. The lowest BCUT2D eigenvalue weighted by Gasteiger charge is -2.23. The van der Waals surface area contributed by atoms with Crippen LogP contribution in [0.15, 0.2) is 0 Å². The number of rotatable bonds is 6. The van der Waals surface area contributed by atoms with Gasteiger partial charge in [0, 0.05) is 18.7 Å². The third-order valence-electron chi connectivity index (χ3n) is 2.74. The third kappa shape index (κ3) is 4.49. The van der Waals surface area contributed by atoms with E-state index in [0.717, 1.165) is 0 Å². The summed E-state index contributed by atoms with van der Waals surface area (Å²) in [6.45, 7) is 5.53. The van der Waals surface area contributed by atoms with E-state index in [1.54, 1.807) is 20.8 Å². The van der Waals surface area contributed by atoms with Crippen LogP contribution < -0.4 is 11.1 Å². The zero-order valence-electron chi connectivity index (χ0n) is 10.4. The Morgan fingerprint density at radius 3 is 2.31 bits per heavy atom. The Kier molecular flexibility index (Phi) is 5.41. The molecule has 6 heteroatoms. The van der Waals surface area contributed by atoms with Crippen LogP contribution in [0, 0.1) is 5.92 Å². The summed E-state index contributed by atoms with van der Waals surface area (Å²) in [7, 11) is -3.18. The average molecular weight is 250 g/mol. The average Bonchev–Trinajstić information content (AvgIpc) is 2.12. The molecular weight excluding hydrogens is 228 g/mol. The van der Waals surface area contributed by atoms with Crippen molar-refractivity contribution in [3.05, 3.63) is 0 Å². The summed E-state index contributed by atoms with van der Waals surface area (Å²) in [6, 6.07) is 0. The molecule has 0 aromatic heterocycles. The van der Waals surface area contributed by atoms with E-state index in [-0.39, 0.29) is 18.4 Å². The fraction of sp³-hybridized carbons (Fsp3) is 0.900. The molecule has 0 saturated carbocycles. The predicted octanol–water partition coefficient (Wildman–Crippen LogP) is -0.0893. The molecule has 0 aliphatic rings. The second kappa shape index (κ2) is 5.63. The minimum absolute atomic E-state index is 0.125. The van der Waals surface area contributed by atoms with E-state index in [1.165, 1.54) is 6.26 Å². The molecular formula is C10H22N2O3S. The maximum atomic E-state index is 11.5. The van der Waals surface area contributed by atoms with Crippen LogP contribution in [0.25, 0.3) is 0 Å². The number of carbonyl (C=O) groups is 1. The molecule has 0 fully saturated rings. The van der Waals surface area contributed by atoms with Crippen molar-refractivity contribution >= 4 is 15.7 Å². The number of carbonyl (C=O) groups excluding carboxylic acids is 1. The minimum atomic E-state index is -3.18. The maximum absolute atomic E-state index is 11.5. The molecule has 1 amide bonds. The van der Waals surface area contributed by atoms with Crippen LogP contribution in [0.2, 0.25) is 0 Å². The summed E-state index contributed by atoms with van der Waals surface area (Å²) in [4.78, 5) is 11.5. The normalized spacial score (nSPS) is 14.6. The highest BCUT2D eigenvalue weighted by Gasteiger charge is 2.30. The van der Waals surface area contributed by atoms with Crippen LogP contribution >= 0.6 is 0 Å². The van der Waals surface area contributed by atoms with Crippen LogP contribution in [0.1, 0.15) is 27.2 Å². The van der Waals surface area contributed by atoms with Crippen molar-refractivity contribution in [2.24, 2.45) is 11.7 Å². The summed E-state index contributed by atoms with van der Waals surface area (Å²) in [5.41, 5.74) is 5.34. The Labute approximate surface area is 97.7 Å². The lowest BCUT2D eigenvalue weighted by atomic mass is 10.1. The predicted molar refractivity (Wildman–Crippen MR) is 64.8 cm³/mol. The van der Waals surface area contributed by atoms with Gasteiger partial charge in [0.15, 0.2) is 9.84 Å². The fourth-order valence-corrected chi connectivity index (χ4v) is 1.32. The van der Waals surface area contributed by atoms with Gasteiger partial charge in [0.05, 0.1) is 4.75 Å². The van der Waals surface area contributed by atoms with Crippen molar-refractivity contribution in [3.8, 4) is 0 Å². The molecule has 0 rings (SSSR count). The minimum Gasteiger partial charge on any atom is -0.354 e. The molecule has 96 valence electrons. The first-order valence-electron chi connectivity index (χ1n) is 5.29. The number of hydrogen-bond acceptors (Lipinski definition) is 4. The maximum Gasteiger partial charge on any atom is 0.222 e. The van der Waals surface area contributed by atoms with Crippen LogP contribution in [-0.4, -0.2) is 38.4 Å². The van der Waals surface area contributed by atoms with Crippen molar-refractivity contribution in [1.29, 1.82) is 0 Å². The zero-order chi connectivity index (χ0) is 13.0. The SMILES string of the molecule is CC(CCN)C(=O)NCC(C)(C)S(C)(=O)=O. The molecule has 1 atom stereocenters. The van der Waals surface area contributed by atoms with Gasteiger partial charge in [0.2, 0.25) is 5.91 Å². The van der Waals surface area contributed by atoms with Gasteiger partial charge in [-0.05, 0) is 26.8 Å².